The first-order valence-electron chi connectivity index (χ1n) is 7.86. The second kappa shape index (κ2) is 6.96. The number of hydrogen-bond donors (Lipinski definition) is 2. The quantitative estimate of drug-likeness (QED) is 0.863. The predicted molar refractivity (Wildman–Crippen MR) is 83.3 cm³/mol. The summed E-state index contributed by atoms with van der Waals surface area (Å²) < 4.78 is 5.13. The molecule has 6 heteroatoms. The molecule has 1 unspecified atom stereocenters. The number of nitrogens with two attached hydrogens (primary N) is 1. The van der Waals surface area contributed by atoms with E-state index in [2.05, 4.69) is 5.32 Å². The molecule has 0 aliphatic carbocycles. The number of piperidine rings is 1. The summed E-state index contributed by atoms with van der Waals surface area (Å²) >= 11 is 0. The molecule has 0 spiro atoms. The van der Waals surface area contributed by atoms with Crippen molar-refractivity contribution in [2.45, 2.75) is 51.1 Å². The molecule has 0 aromatic carbocycles. The van der Waals surface area contributed by atoms with Crippen molar-refractivity contribution in [1.29, 1.82) is 0 Å². The summed E-state index contributed by atoms with van der Waals surface area (Å²) in [4.78, 5) is 26.1. The standard InChI is InChI=1S/C16H25N3O3/c1-3-8-16(2,17)15(21)18-12-6-9-19(10-7-12)14(20)13-5-4-11-22-13/h4-5,11-12H,3,6-10,17H2,1-2H3,(H,18,21). The van der Waals surface area contributed by atoms with E-state index >= 15 is 0 Å². The number of carbonyl (C=O) groups is 2. The maximum atomic E-state index is 12.2. The molecule has 6 nitrogen and oxygen atoms in total. The first-order valence-corrected chi connectivity index (χ1v) is 7.86. The molecule has 0 saturated carbocycles. The molecule has 1 aliphatic heterocycles. The number of furan rings is 1. The molecule has 0 radical (unpaired) electrons. The zero-order valence-corrected chi connectivity index (χ0v) is 13.3. The van der Waals surface area contributed by atoms with E-state index in [1.54, 1.807) is 24.0 Å². The number of nitrogens with zero attached hydrogens (tertiary/aromatic N) is 1. The molecule has 2 rings (SSSR count). The first kappa shape index (κ1) is 16.5. The fourth-order valence-electron chi connectivity index (χ4n) is 2.77. The number of likely N-dealkylation sites (tertiary alicyclic amines) is 1. The van der Waals surface area contributed by atoms with Crippen LogP contribution in [-0.4, -0.2) is 41.4 Å². The third-order valence-electron chi connectivity index (χ3n) is 4.14. The van der Waals surface area contributed by atoms with Gasteiger partial charge < -0.3 is 20.4 Å². The Balaban J connectivity index is 1.82. The van der Waals surface area contributed by atoms with E-state index in [0.29, 0.717) is 25.3 Å². The largest absolute Gasteiger partial charge is 0.459 e. The van der Waals surface area contributed by atoms with Gasteiger partial charge in [-0.05, 0) is 38.3 Å². The Morgan fingerprint density at radius 2 is 2.14 bits per heavy atom. The molecule has 1 atom stereocenters. The lowest BCUT2D eigenvalue weighted by atomic mass is 9.95. The van der Waals surface area contributed by atoms with Gasteiger partial charge in [0.15, 0.2) is 5.76 Å². The van der Waals surface area contributed by atoms with Gasteiger partial charge in [-0.3, -0.25) is 9.59 Å². The van der Waals surface area contributed by atoms with Gasteiger partial charge in [-0.2, -0.15) is 0 Å². The van der Waals surface area contributed by atoms with Crippen LogP contribution in [0, 0.1) is 0 Å². The van der Waals surface area contributed by atoms with Gasteiger partial charge in [-0.25, -0.2) is 0 Å². The monoisotopic (exact) mass is 307 g/mol. The van der Waals surface area contributed by atoms with Crippen molar-refractivity contribution in [1.82, 2.24) is 10.2 Å². The van der Waals surface area contributed by atoms with Crippen LogP contribution in [-0.2, 0) is 4.79 Å². The number of rotatable bonds is 5. The van der Waals surface area contributed by atoms with Gasteiger partial charge in [0.05, 0.1) is 11.8 Å². The predicted octanol–water partition coefficient (Wildman–Crippen LogP) is 1.52. The molecule has 2 heterocycles. The molecule has 122 valence electrons. The van der Waals surface area contributed by atoms with Crippen molar-refractivity contribution in [3.05, 3.63) is 24.2 Å². The SMILES string of the molecule is CCCC(C)(N)C(=O)NC1CCN(C(=O)c2ccco2)CC1. The Kier molecular flexibility index (Phi) is 5.24. The third kappa shape index (κ3) is 3.88. The van der Waals surface area contributed by atoms with Gasteiger partial charge in [0.1, 0.15) is 0 Å². The maximum absolute atomic E-state index is 12.2. The molecule has 1 aromatic heterocycles. The summed E-state index contributed by atoms with van der Waals surface area (Å²) in [6.45, 7) is 5.00. The zero-order valence-electron chi connectivity index (χ0n) is 13.3. The van der Waals surface area contributed by atoms with E-state index in [1.165, 1.54) is 6.26 Å². The Hall–Kier alpha value is -1.82. The Morgan fingerprint density at radius 1 is 1.45 bits per heavy atom. The summed E-state index contributed by atoms with van der Waals surface area (Å²) in [5.41, 5.74) is 5.22. The topological polar surface area (TPSA) is 88.6 Å². The molecule has 1 fully saturated rings. The minimum atomic E-state index is -0.824. The van der Waals surface area contributed by atoms with Crippen LogP contribution >= 0.6 is 0 Å². The lowest BCUT2D eigenvalue weighted by molar-refractivity contribution is -0.127. The van der Waals surface area contributed by atoms with Crippen molar-refractivity contribution in [2.24, 2.45) is 5.73 Å². The average molecular weight is 307 g/mol. The molecule has 1 saturated heterocycles. The van der Waals surface area contributed by atoms with Crippen LogP contribution in [0.4, 0.5) is 0 Å². The van der Waals surface area contributed by atoms with Crippen LogP contribution in [0.3, 0.4) is 0 Å². The van der Waals surface area contributed by atoms with Gasteiger partial charge in [-0.15, -0.1) is 0 Å². The highest BCUT2D eigenvalue weighted by atomic mass is 16.3. The molecule has 22 heavy (non-hydrogen) atoms. The molecule has 3 N–H and O–H groups in total. The van der Waals surface area contributed by atoms with Crippen molar-refractivity contribution < 1.29 is 14.0 Å². The third-order valence-corrected chi connectivity index (χ3v) is 4.14. The number of amides is 2. The van der Waals surface area contributed by atoms with Crippen molar-refractivity contribution in [3.8, 4) is 0 Å². The second-order valence-corrected chi connectivity index (χ2v) is 6.18. The lowest BCUT2D eigenvalue weighted by Gasteiger charge is -2.34. The van der Waals surface area contributed by atoms with E-state index in [1.807, 2.05) is 6.92 Å². The van der Waals surface area contributed by atoms with E-state index in [-0.39, 0.29) is 17.9 Å². The number of hydrogen-bond acceptors (Lipinski definition) is 4. The minimum Gasteiger partial charge on any atom is -0.459 e. The zero-order chi connectivity index (χ0) is 16.2. The highest BCUT2D eigenvalue weighted by Crippen LogP contribution is 2.16. The van der Waals surface area contributed by atoms with Crippen LogP contribution in [0.5, 0.6) is 0 Å². The number of carbonyl (C=O) groups excluding carboxylic acids is 2. The Morgan fingerprint density at radius 3 is 2.68 bits per heavy atom. The van der Waals surface area contributed by atoms with Crippen LogP contribution in [0.15, 0.2) is 22.8 Å². The van der Waals surface area contributed by atoms with Crippen LogP contribution in [0.2, 0.25) is 0 Å². The van der Waals surface area contributed by atoms with Crippen molar-refractivity contribution in [2.75, 3.05) is 13.1 Å². The number of nitrogens with one attached hydrogen (secondary N) is 1. The van der Waals surface area contributed by atoms with Gasteiger partial charge in [0.2, 0.25) is 5.91 Å². The molecule has 2 amide bonds. The Bertz CT molecular complexity index is 503. The highest BCUT2D eigenvalue weighted by molar-refractivity contribution is 5.91. The van der Waals surface area contributed by atoms with Crippen LogP contribution in [0.1, 0.15) is 50.1 Å². The van der Waals surface area contributed by atoms with Gasteiger partial charge in [-0.1, -0.05) is 13.3 Å². The molecule has 1 aromatic rings. The molecule has 1 aliphatic rings. The minimum absolute atomic E-state index is 0.0767. The molecular weight excluding hydrogens is 282 g/mol. The fraction of sp³-hybridized carbons (Fsp3) is 0.625. The summed E-state index contributed by atoms with van der Waals surface area (Å²) in [5.74, 6) is 0.162. The molecular formula is C16H25N3O3. The highest BCUT2D eigenvalue weighted by Gasteiger charge is 2.31. The van der Waals surface area contributed by atoms with Crippen LogP contribution < -0.4 is 11.1 Å². The summed E-state index contributed by atoms with van der Waals surface area (Å²) in [6, 6.07) is 3.45. The van der Waals surface area contributed by atoms with Crippen LogP contribution in [0.25, 0.3) is 0 Å². The smallest absolute Gasteiger partial charge is 0.289 e. The van der Waals surface area contributed by atoms with Crippen molar-refractivity contribution >= 4 is 11.8 Å². The first-order chi connectivity index (χ1) is 10.4. The normalized spacial score (nSPS) is 18.8. The van der Waals surface area contributed by atoms with E-state index < -0.39 is 5.54 Å². The van der Waals surface area contributed by atoms with E-state index in [4.69, 9.17) is 10.2 Å². The van der Waals surface area contributed by atoms with E-state index in [9.17, 15) is 9.59 Å². The maximum Gasteiger partial charge on any atom is 0.289 e. The van der Waals surface area contributed by atoms with Gasteiger partial charge in [0, 0.05) is 19.1 Å². The van der Waals surface area contributed by atoms with Gasteiger partial charge >= 0.3 is 0 Å². The fourth-order valence-corrected chi connectivity index (χ4v) is 2.77. The van der Waals surface area contributed by atoms with Gasteiger partial charge in [0.25, 0.3) is 5.91 Å². The van der Waals surface area contributed by atoms with E-state index in [0.717, 1.165) is 19.3 Å². The molecule has 0 bridgehead atoms. The second-order valence-electron chi connectivity index (χ2n) is 6.18. The van der Waals surface area contributed by atoms with Crippen molar-refractivity contribution in [3.63, 3.8) is 0 Å². The average Bonchev–Trinajstić information content (AvgIpc) is 3.01. The lowest BCUT2D eigenvalue weighted by Crippen LogP contribution is -2.56. The summed E-state index contributed by atoms with van der Waals surface area (Å²) in [5, 5.41) is 3.01. The summed E-state index contributed by atoms with van der Waals surface area (Å²) in [7, 11) is 0. The summed E-state index contributed by atoms with van der Waals surface area (Å²) in [6.07, 6.45) is 4.50. The Labute approximate surface area is 131 Å².